The first-order valence-electron chi connectivity index (χ1n) is 6.29. The molecule has 0 saturated heterocycles. The van der Waals surface area contributed by atoms with Crippen molar-refractivity contribution in [2.45, 2.75) is 19.9 Å². The average Bonchev–Trinajstić information content (AvgIpc) is 2.79. The van der Waals surface area contributed by atoms with E-state index in [-0.39, 0.29) is 18.5 Å². The van der Waals surface area contributed by atoms with Crippen molar-refractivity contribution in [1.29, 1.82) is 0 Å². The zero-order valence-corrected chi connectivity index (χ0v) is 12.6. The first-order valence-corrected chi connectivity index (χ1v) is 7.08. The first-order chi connectivity index (χ1) is 9.10. The van der Waals surface area contributed by atoms with Gasteiger partial charge in [0.1, 0.15) is 11.3 Å². The van der Waals surface area contributed by atoms with E-state index in [1.807, 2.05) is 38.1 Å². The number of furan rings is 1. The van der Waals surface area contributed by atoms with E-state index in [1.165, 1.54) is 0 Å². The van der Waals surface area contributed by atoms with Crippen LogP contribution in [0.15, 0.2) is 33.2 Å². The van der Waals surface area contributed by atoms with Crippen LogP contribution in [0.4, 0.5) is 0 Å². The number of rotatable bonds is 5. The number of likely N-dealkylation sites (N-methyl/N-ethyl adjacent to an activating group) is 1. The molecule has 0 radical (unpaired) electrons. The molecule has 5 heteroatoms. The van der Waals surface area contributed by atoms with Gasteiger partial charge in [0.15, 0.2) is 0 Å². The summed E-state index contributed by atoms with van der Waals surface area (Å²) in [5.74, 6) is 0.825. The predicted molar refractivity (Wildman–Crippen MR) is 79.0 cm³/mol. The highest BCUT2D eigenvalue weighted by molar-refractivity contribution is 9.10. The van der Waals surface area contributed by atoms with Crippen molar-refractivity contribution in [3.8, 4) is 0 Å². The van der Waals surface area contributed by atoms with Crippen LogP contribution in [-0.2, 0) is 4.79 Å². The van der Waals surface area contributed by atoms with Crippen LogP contribution in [0.25, 0.3) is 11.0 Å². The molecule has 0 fully saturated rings. The number of carbonyl (C=O) groups excluding carboxylic acids is 1. The largest absolute Gasteiger partial charge is 0.459 e. The molecule has 1 heterocycles. The molecule has 0 aliphatic carbocycles. The lowest BCUT2D eigenvalue weighted by Crippen LogP contribution is -2.34. The third kappa shape index (κ3) is 3.58. The summed E-state index contributed by atoms with van der Waals surface area (Å²) in [5.41, 5.74) is 0.852. The fourth-order valence-electron chi connectivity index (χ4n) is 1.85. The standard InChI is InChI=1S/C14H17BrN2O2/c1-3-16-14(18)8-17-9(2)13-7-10-6-11(15)4-5-12(10)19-13/h4-7,9,17H,3,8H2,1-2H3,(H,16,18). The molecule has 102 valence electrons. The van der Waals surface area contributed by atoms with Gasteiger partial charge in [0.05, 0.1) is 12.6 Å². The molecule has 4 nitrogen and oxygen atoms in total. The number of carbonyl (C=O) groups is 1. The van der Waals surface area contributed by atoms with Gasteiger partial charge in [-0.05, 0) is 38.1 Å². The van der Waals surface area contributed by atoms with Crippen LogP contribution in [0.1, 0.15) is 25.6 Å². The van der Waals surface area contributed by atoms with E-state index in [4.69, 9.17) is 4.42 Å². The van der Waals surface area contributed by atoms with E-state index in [9.17, 15) is 4.79 Å². The summed E-state index contributed by atoms with van der Waals surface area (Å²) in [7, 11) is 0. The number of amides is 1. The quantitative estimate of drug-likeness (QED) is 0.889. The fourth-order valence-corrected chi connectivity index (χ4v) is 2.23. The van der Waals surface area contributed by atoms with E-state index in [0.717, 1.165) is 21.2 Å². The minimum atomic E-state index is -0.00629. The van der Waals surface area contributed by atoms with Crippen molar-refractivity contribution in [3.05, 3.63) is 34.5 Å². The monoisotopic (exact) mass is 324 g/mol. The van der Waals surface area contributed by atoms with Gasteiger partial charge in [-0.25, -0.2) is 0 Å². The van der Waals surface area contributed by atoms with Crippen molar-refractivity contribution in [3.63, 3.8) is 0 Å². The van der Waals surface area contributed by atoms with Crippen LogP contribution in [-0.4, -0.2) is 19.0 Å². The molecule has 0 aliphatic heterocycles. The van der Waals surface area contributed by atoms with Gasteiger partial charge in [-0.2, -0.15) is 0 Å². The van der Waals surface area contributed by atoms with Crippen molar-refractivity contribution >= 4 is 32.8 Å². The van der Waals surface area contributed by atoms with Crippen molar-refractivity contribution in [1.82, 2.24) is 10.6 Å². The summed E-state index contributed by atoms with van der Waals surface area (Å²) < 4.78 is 6.79. The number of fused-ring (bicyclic) bond motifs is 1. The summed E-state index contributed by atoms with van der Waals surface area (Å²) in [6.45, 7) is 4.81. The van der Waals surface area contributed by atoms with Gasteiger partial charge >= 0.3 is 0 Å². The molecular weight excluding hydrogens is 308 g/mol. The Morgan fingerprint density at radius 3 is 2.95 bits per heavy atom. The number of nitrogens with one attached hydrogen (secondary N) is 2. The fraction of sp³-hybridized carbons (Fsp3) is 0.357. The molecule has 2 aromatic rings. The van der Waals surface area contributed by atoms with Crippen LogP contribution >= 0.6 is 15.9 Å². The highest BCUT2D eigenvalue weighted by Gasteiger charge is 2.12. The minimum absolute atomic E-state index is 0.00576. The van der Waals surface area contributed by atoms with Gasteiger partial charge in [0, 0.05) is 16.4 Å². The van der Waals surface area contributed by atoms with Crippen LogP contribution in [0, 0.1) is 0 Å². The second-order valence-corrected chi connectivity index (χ2v) is 5.30. The van der Waals surface area contributed by atoms with Crippen LogP contribution < -0.4 is 10.6 Å². The van der Waals surface area contributed by atoms with E-state index < -0.39 is 0 Å². The van der Waals surface area contributed by atoms with Gasteiger partial charge in [0.25, 0.3) is 0 Å². The highest BCUT2D eigenvalue weighted by Crippen LogP contribution is 2.26. The minimum Gasteiger partial charge on any atom is -0.459 e. The Labute approximate surface area is 120 Å². The molecule has 1 unspecified atom stereocenters. The maximum Gasteiger partial charge on any atom is 0.233 e. The van der Waals surface area contributed by atoms with Gasteiger partial charge in [-0.15, -0.1) is 0 Å². The summed E-state index contributed by atoms with van der Waals surface area (Å²) >= 11 is 3.44. The lowest BCUT2D eigenvalue weighted by atomic mass is 10.2. The molecule has 0 bridgehead atoms. The summed E-state index contributed by atoms with van der Waals surface area (Å²) in [6.07, 6.45) is 0. The summed E-state index contributed by atoms with van der Waals surface area (Å²) in [4.78, 5) is 11.4. The molecule has 2 rings (SSSR count). The third-order valence-corrected chi connectivity index (χ3v) is 3.36. The van der Waals surface area contributed by atoms with E-state index in [2.05, 4.69) is 26.6 Å². The Balaban J connectivity index is 2.04. The summed E-state index contributed by atoms with van der Waals surface area (Å²) in [6, 6.07) is 7.88. The SMILES string of the molecule is CCNC(=O)CNC(C)c1cc2cc(Br)ccc2o1. The Morgan fingerprint density at radius 1 is 1.42 bits per heavy atom. The van der Waals surface area contributed by atoms with Gasteiger partial charge in [-0.1, -0.05) is 15.9 Å². The molecule has 1 aromatic carbocycles. The number of halogens is 1. The van der Waals surface area contributed by atoms with E-state index in [1.54, 1.807) is 0 Å². The second-order valence-electron chi connectivity index (χ2n) is 4.39. The normalized spacial score (nSPS) is 12.6. The molecule has 0 spiro atoms. The lowest BCUT2D eigenvalue weighted by Gasteiger charge is -2.10. The molecular formula is C14H17BrN2O2. The molecule has 2 N–H and O–H groups in total. The first kappa shape index (κ1) is 14.1. The zero-order valence-electron chi connectivity index (χ0n) is 11.0. The average molecular weight is 325 g/mol. The highest BCUT2D eigenvalue weighted by atomic mass is 79.9. The van der Waals surface area contributed by atoms with Crippen LogP contribution in [0.2, 0.25) is 0 Å². The van der Waals surface area contributed by atoms with E-state index >= 15 is 0 Å². The molecule has 19 heavy (non-hydrogen) atoms. The Kier molecular flexibility index (Phi) is 4.61. The Morgan fingerprint density at radius 2 is 2.21 bits per heavy atom. The van der Waals surface area contributed by atoms with Crippen molar-refractivity contribution in [2.75, 3.05) is 13.1 Å². The zero-order chi connectivity index (χ0) is 13.8. The molecule has 0 aliphatic rings. The van der Waals surface area contributed by atoms with Crippen LogP contribution in [0.5, 0.6) is 0 Å². The molecule has 1 atom stereocenters. The predicted octanol–water partition coefficient (Wildman–Crippen LogP) is 2.98. The molecule has 1 amide bonds. The smallest absolute Gasteiger partial charge is 0.233 e. The van der Waals surface area contributed by atoms with Crippen molar-refractivity contribution < 1.29 is 9.21 Å². The number of hydrogen-bond donors (Lipinski definition) is 2. The Hall–Kier alpha value is -1.33. The van der Waals surface area contributed by atoms with Gasteiger partial charge < -0.3 is 9.73 Å². The second kappa shape index (κ2) is 6.21. The molecule has 0 saturated carbocycles. The number of benzene rings is 1. The molecule has 1 aromatic heterocycles. The topological polar surface area (TPSA) is 54.3 Å². The van der Waals surface area contributed by atoms with Crippen molar-refractivity contribution in [2.24, 2.45) is 0 Å². The maximum absolute atomic E-state index is 11.4. The third-order valence-electron chi connectivity index (χ3n) is 2.87. The van der Waals surface area contributed by atoms with Gasteiger partial charge in [-0.3, -0.25) is 10.1 Å². The number of hydrogen-bond acceptors (Lipinski definition) is 3. The summed E-state index contributed by atoms with van der Waals surface area (Å²) in [5, 5.41) is 6.94. The maximum atomic E-state index is 11.4. The lowest BCUT2D eigenvalue weighted by molar-refractivity contribution is -0.120. The van der Waals surface area contributed by atoms with Gasteiger partial charge in [0.2, 0.25) is 5.91 Å². The van der Waals surface area contributed by atoms with Crippen LogP contribution in [0.3, 0.4) is 0 Å². The Bertz CT molecular complexity index is 580. The van der Waals surface area contributed by atoms with E-state index in [0.29, 0.717) is 6.54 Å².